The average molecular weight is 456 g/mol. The Labute approximate surface area is 191 Å². The molecule has 1 amide bonds. The number of hydrogen-bond acceptors (Lipinski definition) is 6. The Morgan fingerprint density at radius 1 is 1.22 bits per heavy atom. The minimum atomic E-state index is -0.385. The summed E-state index contributed by atoms with van der Waals surface area (Å²) in [5.74, 6) is 0.528. The first kappa shape index (κ1) is 22.3. The van der Waals surface area contributed by atoms with Crippen LogP contribution in [-0.2, 0) is 11.8 Å². The van der Waals surface area contributed by atoms with Crippen molar-refractivity contribution in [3.8, 4) is 11.4 Å². The summed E-state index contributed by atoms with van der Waals surface area (Å²) < 4.78 is 4.80. The van der Waals surface area contributed by atoms with Crippen LogP contribution in [0.15, 0.2) is 40.3 Å². The van der Waals surface area contributed by atoms with Crippen molar-refractivity contribution in [1.29, 1.82) is 0 Å². The molecule has 0 radical (unpaired) electrons. The number of benzene rings is 1. The van der Waals surface area contributed by atoms with Crippen molar-refractivity contribution in [1.82, 2.24) is 34.9 Å². The molecule has 1 unspecified atom stereocenters. The van der Waals surface area contributed by atoms with Crippen molar-refractivity contribution >= 4 is 17.7 Å². The van der Waals surface area contributed by atoms with Crippen LogP contribution in [-0.4, -0.2) is 47.3 Å². The molecule has 1 fully saturated rings. The van der Waals surface area contributed by atoms with E-state index in [1.54, 1.807) is 9.36 Å². The second-order valence-corrected chi connectivity index (χ2v) is 9.60. The van der Waals surface area contributed by atoms with Gasteiger partial charge in [-0.05, 0) is 55.2 Å². The number of nitrogens with zero attached hydrogens (tertiary/aromatic N) is 6. The summed E-state index contributed by atoms with van der Waals surface area (Å²) in [5, 5.41) is 15.0. The lowest BCUT2D eigenvalue weighted by Crippen LogP contribution is -2.35. The van der Waals surface area contributed by atoms with Gasteiger partial charge in [0.1, 0.15) is 0 Å². The van der Waals surface area contributed by atoms with Gasteiger partial charge >= 0.3 is 0 Å². The number of hydrogen-bond donors (Lipinski definition) is 1. The molecule has 1 aliphatic rings. The van der Waals surface area contributed by atoms with E-state index in [-0.39, 0.29) is 16.7 Å². The van der Waals surface area contributed by atoms with Gasteiger partial charge in [0.25, 0.3) is 5.56 Å². The van der Waals surface area contributed by atoms with Crippen LogP contribution in [0.2, 0.25) is 0 Å². The van der Waals surface area contributed by atoms with Crippen molar-refractivity contribution in [2.24, 2.45) is 13.0 Å². The van der Waals surface area contributed by atoms with Gasteiger partial charge in [-0.15, -0.1) is 5.10 Å². The number of tetrazole rings is 1. The number of carbonyl (C=O) groups excluding carboxylic acids is 1. The van der Waals surface area contributed by atoms with Crippen LogP contribution in [0.1, 0.15) is 44.7 Å². The highest BCUT2D eigenvalue weighted by Crippen LogP contribution is 2.25. The lowest BCUT2D eigenvalue weighted by atomic mass is 9.89. The van der Waals surface area contributed by atoms with E-state index in [2.05, 4.69) is 20.8 Å². The molecular formula is C22H29N7O2S. The molecule has 170 valence electrons. The maximum atomic E-state index is 13.3. The van der Waals surface area contributed by atoms with Gasteiger partial charge in [0, 0.05) is 13.6 Å². The van der Waals surface area contributed by atoms with E-state index in [9.17, 15) is 9.59 Å². The molecule has 1 aliphatic carbocycles. The Bertz CT molecular complexity index is 1130. The summed E-state index contributed by atoms with van der Waals surface area (Å²) >= 11 is 1.25. The third kappa shape index (κ3) is 4.50. The third-order valence-electron chi connectivity index (χ3n) is 6.12. The molecule has 32 heavy (non-hydrogen) atoms. The smallest absolute Gasteiger partial charge is 0.297 e. The van der Waals surface area contributed by atoms with Crippen LogP contribution in [0.5, 0.6) is 0 Å². The van der Waals surface area contributed by atoms with Crippen molar-refractivity contribution in [3.63, 3.8) is 0 Å². The highest BCUT2D eigenvalue weighted by Gasteiger charge is 2.25. The monoisotopic (exact) mass is 455 g/mol. The Morgan fingerprint density at radius 3 is 2.66 bits per heavy atom. The van der Waals surface area contributed by atoms with Crippen LogP contribution >= 0.6 is 11.8 Å². The number of para-hydroxylation sites is 1. The van der Waals surface area contributed by atoms with Gasteiger partial charge in [0.05, 0.1) is 16.6 Å². The molecule has 1 saturated carbocycles. The fourth-order valence-corrected chi connectivity index (χ4v) is 5.00. The molecule has 0 spiro atoms. The summed E-state index contributed by atoms with van der Waals surface area (Å²) in [6.45, 7) is 4.40. The summed E-state index contributed by atoms with van der Waals surface area (Å²) in [4.78, 5) is 26.0. The molecule has 1 atom stereocenters. The molecule has 9 nitrogen and oxygen atoms in total. The third-order valence-corrected chi connectivity index (χ3v) is 7.15. The molecule has 2 heterocycles. The van der Waals surface area contributed by atoms with E-state index in [0.29, 0.717) is 23.3 Å². The minimum Gasteiger partial charge on any atom is -0.355 e. The summed E-state index contributed by atoms with van der Waals surface area (Å²) in [6, 6.07) is 9.42. The van der Waals surface area contributed by atoms with Gasteiger partial charge in [0.15, 0.2) is 5.69 Å². The van der Waals surface area contributed by atoms with Crippen molar-refractivity contribution in [3.05, 3.63) is 46.4 Å². The zero-order valence-corrected chi connectivity index (χ0v) is 19.5. The molecule has 1 aromatic carbocycles. The Hall–Kier alpha value is -2.88. The van der Waals surface area contributed by atoms with Crippen LogP contribution in [0.3, 0.4) is 0 Å². The van der Waals surface area contributed by atoms with Crippen molar-refractivity contribution in [2.75, 3.05) is 6.54 Å². The zero-order valence-electron chi connectivity index (χ0n) is 18.7. The minimum absolute atomic E-state index is 0.0402. The molecule has 10 heteroatoms. The van der Waals surface area contributed by atoms with E-state index in [1.165, 1.54) is 48.5 Å². The van der Waals surface area contributed by atoms with E-state index >= 15 is 0 Å². The van der Waals surface area contributed by atoms with Gasteiger partial charge in [-0.2, -0.15) is 4.68 Å². The van der Waals surface area contributed by atoms with Crippen LogP contribution in [0.4, 0.5) is 0 Å². The van der Waals surface area contributed by atoms with Gasteiger partial charge in [0.2, 0.25) is 11.1 Å². The van der Waals surface area contributed by atoms with Crippen LogP contribution in [0.25, 0.3) is 11.4 Å². The van der Waals surface area contributed by atoms with Gasteiger partial charge in [-0.1, -0.05) is 49.2 Å². The summed E-state index contributed by atoms with van der Waals surface area (Å²) in [6.07, 6.45) is 6.15. The number of rotatable bonds is 7. The molecule has 3 aromatic rings. The molecule has 0 bridgehead atoms. The van der Waals surface area contributed by atoms with E-state index in [4.69, 9.17) is 0 Å². The molecule has 0 aliphatic heterocycles. The van der Waals surface area contributed by atoms with Gasteiger partial charge in [-0.3, -0.25) is 14.3 Å². The first-order valence-corrected chi connectivity index (χ1v) is 11.9. The van der Waals surface area contributed by atoms with Gasteiger partial charge in [-0.25, -0.2) is 4.68 Å². The highest BCUT2D eigenvalue weighted by molar-refractivity contribution is 8.00. The lowest BCUT2D eigenvalue weighted by Gasteiger charge is -2.22. The van der Waals surface area contributed by atoms with Gasteiger partial charge < -0.3 is 5.32 Å². The van der Waals surface area contributed by atoms with Crippen LogP contribution in [0, 0.1) is 12.8 Å². The SMILES string of the molecule is Cc1c(-n2nnnc2SC(C)C(=O)NCC2CCCCC2)c(=O)n(-c2ccccc2)n1C. The van der Waals surface area contributed by atoms with Crippen molar-refractivity contribution < 1.29 is 4.79 Å². The molecule has 0 saturated heterocycles. The molecule has 1 N–H and O–H groups in total. The Kier molecular flexibility index (Phi) is 6.78. The van der Waals surface area contributed by atoms with Crippen molar-refractivity contribution in [2.45, 2.75) is 56.4 Å². The lowest BCUT2D eigenvalue weighted by molar-refractivity contribution is -0.120. The largest absolute Gasteiger partial charge is 0.355 e. The number of nitrogens with one attached hydrogen (secondary N) is 1. The predicted octanol–water partition coefficient (Wildman–Crippen LogP) is 2.64. The topological polar surface area (TPSA) is 99.6 Å². The highest BCUT2D eigenvalue weighted by atomic mass is 32.2. The van der Waals surface area contributed by atoms with E-state index in [1.807, 2.05) is 51.2 Å². The Balaban J connectivity index is 1.53. The average Bonchev–Trinajstić information content (AvgIpc) is 3.34. The fourth-order valence-electron chi connectivity index (χ4n) is 4.18. The van der Waals surface area contributed by atoms with Crippen LogP contribution < -0.4 is 10.9 Å². The number of carbonyl (C=O) groups is 1. The Morgan fingerprint density at radius 2 is 1.94 bits per heavy atom. The molecule has 2 aromatic heterocycles. The summed E-state index contributed by atoms with van der Waals surface area (Å²) in [7, 11) is 1.83. The maximum absolute atomic E-state index is 13.3. The number of amides is 1. The maximum Gasteiger partial charge on any atom is 0.297 e. The predicted molar refractivity (Wildman–Crippen MR) is 123 cm³/mol. The molecular weight excluding hydrogens is 426 g/mol. The fraction of sp³-hybridized carbons (Fsp3) is 0.500. The molecule has 4 rings (SSSR count). The second-order valence-electron chi connectivity index (χ2n) is 8.29. The quantitative estimate of drug-likeness (QED) is 0.550. The van der Waals surface area contributed by atoms with E-state index < -0.39 is 0 Å². The zero-order chi connectivity index (χ0) is 22.7. The first-order chi connectivity index (χ1) is 15.5. The van der Waals surface area contributed by atoms with E-state index in [0.717, 1.165) is 11.4 Å². The normalized spacial score (nSPS) is 15.6. The summed E-state index contributed by atoms with van der Waals surface area (Å²) in [5.41, 5.74) is 1.63. The second kappa shape index (κ2) is 9.72. The number of aromatic nitrogens is 6. The standard InChI is InChI=1S/C22H29N7O2S/c1-15-19(21(31)29(27(15)3)18-12-8-5-9-13-18)28-22(24-25-26-28)32-16(2)20(30)23-14-17-10-6-4-7-11-17/h5,8-9,12-13,16-17H,4,6-7,10-11,14H2,1-3H3,(H,23,30). The first-order valence-electron chi connectivity index (χ1n) is 11.0. The number of thioether (sulfide) groups is 1.